The molecule has 2 rings (SSSR count). The van der Waals surface area contributed by atoms with E-state index in [2.05, 4.69) is 20.5 Å². The first-order valence-corrected chi connectivity index (χ1v) is 6.66. The van der Waals surface area contributed by atoms with Gasteiger partial charge in [-0.15, -0.1) is 0 Å². The van der Waals surface area contributed by atoms with Crippen molar-refractivity contribution >= 4 is 34.9 Å². The number of hydrogen-bond acceptors (Lipinski definition) is 4. The lowest BCUT2D eigenvalue weighted by atomic mass is 10.1. The van der Waals surface area contributed by atoms with E-state index in [0.29, 0.717) is 11.4 Å². The number of rotatable bonds is 3. The van der Waals surface area contributed by atoms with Gasteiger partial charge >= 0.3 is 0 Å². The lowest BCUT2D eigenvalue weighted by molar-refractivity contribution is 0.628. The molecule has 0 amide bonds. The number of anilines is 1. The van der Waals surface area contributed by atoms with E-state index in [-0.39, 0.29) is 27.1 Å². The molecule has 8 heteroatoms. The van der Waals surface area contributed by atoms with Crippen LogP contribution in [-0.4, -0.2) is 15.7 Å². The molecular weight excluding hydrogens is 318 g/mol. The SMILES string of the molecule is C/C(=N/Nc1nc(C)cc(=O)[nH]1)c1c(Cl)ccc(F)c1Cl. The zero-order chi connectivity index (χ0) is 15.6. The Labute approximate surface area is 129 Å². The van der Waals surface area contributed by atoms with E-state index >= 15 is 0 Å². The van der Waals surface area contributed by atoms with Crippen LogP contribution < -0.4 is 11.0 Å². The van der Waals surface area contributed by atoms with Crippen LogP contribution >= 0.6 is 23.2 Å². The first-order valence-electron chi connectivity index (χ1n) is 5.90. The summed E-state index contributed by atoms with van der Waals surface area (Å²) in [6.07, 6.45) is 0. The fraction of sp³-hybridized carbons (Fsp3) is 0.154. The monoisotopic (exact) mass is 328 g/mol. The van der Waals surface area contributed by atoms with Crippen LogP contribution in [0.1, 0.15) is 18.2 Å². The number of aromatic nitrogens is 2. The number of H-pyrrole nitrogens is 1. The zero-order valence-corrected chi connectivity index (χ0v) is 12.7. The number of hydrogen-bond donors (Lipinski definition) is 2. The van der Waals surface area contributed by atoms with Crippen molar-refractivity contribution in [1.29, 1.82) is 0 Å². The van der Waals surface area contributed by atoms with Crippen LogP contribution in [0.15, 0.2) is 28.1 Å². The van der Waals surface area contributed by atoms with Crippen LogP contribution in [0.5, 0.6) is 0 Å². The molecule has 1 aromatic carbocycles. The molecule has 0 spiro atoms. The molecule has 0 saturated heterocycles. The van der Waals surface area contributed by atoms with Crippen molar-refractivity contribution in [1.82, 2.24) is 9.97 Å². The first-order chi connectivity index (χ1) is 9.88. The Bertz CT molecular complexity index is 773. The second-order valence-corrected chi connectivity index (χ2v) is 5.05. The average Bonchev–Trinajstić information content (AvgIpc) is 2.40. The Morgan fingerprint density at radius 3 is 2.81 bits per heavy atom. The minimum Gasteiger partial charge on any atom is -0.291 e. The van der Waals surface area contributed by atoms with E-state index in [4.69, 9.17) is 23.2 Å². The highest BCUT2D eigenvalue weighted by Crippen LogP contribution is 2.27. The van der Waals surface area contributed by atoms with Gasteiger partial charge in [-0.1, -0.05) is 23.2 Å². The zero-order valence-electron chi connectivity index (χ0n) is 11.2. The Morgan fingerprint density at radius 1 is 1.43 bits per heavy atom. The molecule has 2 aromatic rings. The molecule has 0 bridgehead atoms. The van der Waals surface area contributed by atoms with Gasteiger partial charge < -0.3 is 0 Å². The maximum absolute atomic E-state index is 13.5. The fourth-order valence-electron chi connectivity index (χ4n) is 1.68. The molecule has 1 aromatic heterocycles. The smallest absolute Gasteiger partial charge is 0.252 e. The second-order valence-electron chi connectivity index (χ2n) is 4.26. The third kappa shape index (κ3) is 3.59. The van der Waals surface area contributed by atoms with Gasteiger partial charge in [0.15, 0.2) is 0 Å². The highest BCUT2D eigenvalue weighted by Gasteiger charge is 2.13. The predicted octanol–water partition coefficient (Wildman–Crippen LogP) is 3.36. The highest BCUT2D eigenvalue weighted by molar-refractivity contribution is 6.40. The molecule has 0 aliphatic carbocycles. The summed E-state index contributed by atoms with van der Waals surface area (Å²) in [6, 6.07) is 3.92. The summed E-state index contributed by atoms with van der Waals surface area (Å²) in [5, 5.41) is 4.17. The van der Waals surface area contributed by atoms with E-state index in [1.807, 2.05) is 0 Å². The molecule has 0 saturated carbocycles. The van der Waals surface area contributed by atoms with Crippen molar-refractivity contribution in [2.45, 2.75) is 13.8 Å². The molecule has 110 valence electrons. The van der Waals surface area contributed by atoms with Crippen LogP contribution in [0.4, 0.5) is 10.3 Å². The second kappa shape index (κ2) is 6.24. The molecule has 1 heterocycles. The Balaban J connectivity index is 2.34. The summed E-state index contributed by atoms with van der Waals surface area (Å²) in [7, 11) is 0. The van der Waals surface area contributed by atoms with Gasteiger partial charge in [0.25, 0.3) is 5.56 Å². The Kier molecular flexibility index (Phi) is 4.59. The van der Waals surface area contributed by atoms with Crippen molar-refractivity contribution in [3.8, 4) is 0 Å². The van der Waals surface area contributed by atoms with Crippen molar-refractivity contribution in [3.05, 3.63) is 55.7 Å². The number of nitrogens with one attached hydrogen (secondary N) is 2. The van der Waals surface area contributed by atoms with E-state index < -0.39 is 5.82 Å². The van der Waals surface area contributed by atoms with E-state index in [1.165, 1.54) is 18.2 Å². The topological polar surface area (TPSA) is 70.1 Å². The number of nitrogens with zero attached hydrogens (tertiary/aromatic N) is 2. The Hall–Kier alpha value is -1.92. The summed E-state index contributed by atoms with van der Waals surface area (Å²) in [5.41, 5.74) is 3.45. The van der Waals surface area contributed by atoms with Crippen LogP contribution in [0.3, 0.4) is 0 Å². The van der Waals surface area contributed by atoms with E-state index in [9.17, 15) is 9.18 Å². The molecule has 0 aliphatic heterocycles. The lowest BCUT2D eigenvalue weighted by Crippen LogP contribution is -2.11. The highest BCUT2D eigenvalue weighted by atomic mass is 35.5. The summed E-state index contributed by atoms with van der Waals surface area (Å²) < 4.78 is 13.5. The molecular formula is C13H11Cl2FN4O. The van der Waals surface area contributed by atoms with Gasteiger partial charge in [-0.05, 0) is 26.0 Å². The van der Waals surface area contributed by atoms with Crippen molar-refractivity contribution in [3.63, 3.8) is 0 Å². The number of hydrazone groups is 1. The number of aryl methyl sites for hydroxylation is 1. The maximum atomic E-state index is 13.5. The largest absolute Gasteiger partial charge is 0.291 e. The van der Waals surface area contributed by atoms with Gasteiger partial charge in [-0.3, -0.25) is 9.78 Å². The van der Waals surface area contributed by atoms with Gasteiger partial charge in [0.1, 0.15) is 5.82 Å². The predicted molar refractivity (Wildman–Crippen MR) is 81.8 cm³/mol. The summed E-state index contributed by atoms with van der Waals surface area (Å²) in [4.78, 5) is 17.8. The van der Waals surface area contributed by atoms with Gasteiger partial charge in [0, 0.05) is 17.3 Å². The molecule has 0 aliphatic rings. The number of aromatic amines is 1. The first kappa shape index (κ1) is 15.5. The third-order valence-electron chi connectivity index (χ3n) is 2.61. The molecule has 2 N–H and O–H groups in total. The van der Waals surface area contributed by atoms with E-state index in [0.717, 1.165) is 0 Å². The quantitative estimate of drug-likeness (QED) is 0.515. The summed E-state index contributed by atoms with van der Waals surface area (Å²) in [5.74, 6) is -0.421. The van der Waals surface area contributed by atoms with Gasteiger partial charge in [-0.2, -0.15) is 5.10 Å². The van der Waals surface area contributed by atoms with Gasteiger partial charge in [0.05, 0.1) is 15.8 Å². The third-order valence-corrected chi connectivity index (χ3v) is 3.29. The van der Waals surface area contributed by atoms with Gasteiger partial charge in [0.2, 0.25) is 5.95 Å². The van der Waals surface area contributed by atoms with Crippen molar-refractivity contribution in [2.75, 3.05) is 5.43 Å². The lowest BCUT2D eigenvalue weighted by Gasteiger charge is -2.08. The molecule has 5 nitrogen and oxygen atoms in total. The minimum absolute atomic E-state index is 0.115. The van der Waals surface area contributed by atoms with E-state index in [1.54, 1.807) is 13.8 Å². The van der Waals surface area contributed by atoms with Crippen molar-refractivity contribution < 1.29 is 4.39 Å². The normalized spacial score (nSPS) is 11.6. The van der Waals surface area contributed by atoms with Gasteiger partial charge in [-0.25, -0.2) is 14.8 Å². The standard InChI is InChI=1S/C13H11Cl2FN4O/c1-6-5-10(21)18-13(17-6)20-19-7(2)11-8(14)3-4-9(16)12(11)15/h3-5H,1-2H3,(H2,17,18,20,21)/b19-7-. The van der Waals surface area contributed by atoms with Crippen LogP contribution in [-0.2, 0) is 0 Å². The average molecular weight is 329 g/mol. The van der Waals surface area contributed by atoms with Crippen LogP contribution in [0.25, 0.3) is 0 Å². The molecule has 0 unspecified atom stereocenters. The molecule has 0 radical (unpaired) electrons. The number of benzene rings is 1. The van der Waals surface area contributed by atoms with Crippen molar-refractivity contribution in [2.24, 2.45) is 5.10 Å². The molecule has 0 fully saturated rings. The van der Waals surface area contributed by atoms with Crippen LogP contribution in [0, 0.1) is 12.7 Å². The molecule has 0 atom stereocenters. The number of halogens is 3. The molecule has 21 heavy (non-hydrogen) atoms. The fourth-order valence-corrected chi connectivity index (χ4v) is 2.33. The Morgan fingerprint density at radius 2 is 2.14 bits per heavy atom. The maximum Gasteiger partial charge on any atom is 0.252 e. The summed E-state index contributed by atoms with van der Waals surface area (Å²) in [6.45, 7) is 3.28. The minimum atomic E-state index is -0.590. The van der Waals surface area contributed by atoms with Crippen LogP contribution in [0.2, 0.25) is 10.0 Å². The summed E-state index contributed by atoms with van der Waals surface area (Å²) >= 11 is 11.9.